The number of rotatable bonds is 4. The Kier molecular flexibility index (Phi) is 4.49. The van der Waals surface area contributed by atoms with Crippen molar-refractivity contribution in [3.05, 3.63) is 35.4 Å². The first-order chi connectivity index (χ1) is 11.2. The number of imide groups is 2. The number of nitrogens with two attached hydrogens (primary N) is 1. The molecular weight excluding hydrogens is 326 g/mol. The van der Waals surface area contributed by atoms with Gasteiger partial charge in [0.05, 0.1) is 5.56 Å². The largest absolute Gasteiger partial charge is 0.351 e. The lowest BCUT2D eigenvalue weighted by molar-refractivity contribution is -0.131. The number of carbonyl (C=O) groups is 4. The van der Waals surface area contributed by atoms with Crippen LogP contribution in [0, 0.1) is 11.6 Å². The van der Waals surface area contributed by atoms with Crippen LogP contribution in [0.3, 0.4) is 0 Å². The van der Waals surface area contributed by atoms with E-state index < -0.39 is 53.0 Å². The number of hydrogen-bond donors (Lipinski definition) is 3. The van der Waals surface area contributed by atoms with Gasteiger partial charge in [0, 0.05) is 13.0 Å². The number of hydrogen-bond acceptors (Lipinski definition) is 4. The summed E-state index contributed by atoms with van der Waals surface area (Å²) in [4.78, 5) is 47.0. The van der Waals surface area contributed by atoms with Crippen LogP contribution in [-0.2, 0) is 15.1 Å². The average molecular weight is 340 g/mol. The van der Waals surface area contributed by atoms with Crippen LogP contribution >= 0.6 is 0 Å². The fourth-order valence-corrected chi connectivity index (χ4v) is 2.46. The Bertz CT molecular complexity index is 719. The smallest absolute Gasteiger partial charge is 0.325 e. The van der Waals surface area contributed by atoms with Crippen molar-refractivity contribution < 1.29 is 28.0 Å². The van der Waals surface area contributed by atoms with Crippen molar-refractivity contribution in [3.8, 4) is 0 Å². The van der Waals surface area contributed by atoms with Gasteiger partial charge in [-0.25, -0.2) is 18.4 Å². The Hall–Kier alpha value is -3.04. The van der Waals surface area contributed by atoms with E-state index in [1.807, 2.05) is 0 Å². The van der Waals surface area contributed by atoms with Gasteiger partial charge in [-0.05, 0) is 19.1 Å². The van der Waals surface area contributed by atoms with Gasteiger partial charge in [0.15, 0.2) is 0 Å². The second kappa shape index (κ2) is 6.22. The number of halogens is 2. The SMILES string of the molecule is C[C@]1(c2c(F)cccc2F)NC(=O)N(CCC(=O)NC(N)=O)C1=O. The van der Waals surface area contributed by atoms with Crippen molar-refractivity contribution >= 4 is 23.9 Å². The summed E-state index contributed by atoms with van der Waals surface area (Å²) in [7, 11) is 0. The summed E-state index contributed by atoms with van der Waals surface area (Å²) >= 11 is 0. The molecule has 128 valence electrons. The molecule has 4 N–H and O–H groups in total. The Labute approximate surface area is 135 Å². The standard InChI is InChI=1S/C14H14F2N4O4/c1-14(10-7(15)3-2-4-8(10)16)11(22)20(13(24)19-14)6-5-9(21)18-12(17)23/h2-4H,5-6H2,1H3,(H,19,24)(H3,17,18,21,23)/t14-/m1/s1. The average Bonchev–Trinajstić information content (AvgIpc) is 2.66. The second-order valence-corrected chi connectivity index (χ2v) is 5.27. The molecule has 0 aromatic heterocycles. The Morgan fingerprint density at radius 1 is 1.29 bits per heavy atom. The van der Waals surface area contributed by atoms with E-state index in [1.165, 1.54) is 0 Å². The first-order valence-corrected chi connectivity index (χ1v) is 6.84. The van der Waals surface area contributed by atoms with E-state index in [9.17, 15) is 28.0 Å². The first kappa shape index (κ1) is 17.3. The molecule has 1 aromatic carbocycles. The highest BCUT2D eigenvalue weighted by Gasteiger charge is 2.51. The van der Waals surface area contributed by atoms with E-state index in [0.29, 0.717) is 4.90 Å². The van der Waals surface area contributed by atoms with Gasteiger partial charge in [0.1, 0.15) is 17.2 Å². The molecule has 24 heavy (non-hydrogen) atoms. The van der Waals surface area contributed by atoms with E-state index in [-0.39, 0.29) is 6.54 Å². The van der Waals surface area contributed by atoms with Gasteiger partial charge in [0.25, 0.3) is 5.91 Å². The van der Waals surface area contributed by atoms with E-state index in [1.54, 1.807) is 5.32 Å². The third-order valence-corrected chi connectivity index (χ3v) is 3.56. The molecule has 2 rings (SSSR count). The summed E-state index contributed by atoms with van der Waals surface area (Å²) in [6.45, 7) is 0.785. The number of nitrogens with zero attached hydrogens (tertiary/aromatic N) is 1. The molecule has 1 atom stereocenters. The van der Waals surface area contributed by atoms with Gasteiger partial charge in [-0.2, -0.15) is 0 Å². The molecule has 0 bridgehead atoms. The van der Waals surface area contributed by atoms with Gasteiger partial charge in [-0.1, -0.05) is 6.07 Å². The van der Waals surface area contributed by atoms with E-state index >= 15 is 0 Å². The number of benzene rings is 1. The molecule has 1 aliphatic rings. The molecule has 1 fully saturated rings. The van der Waals surface area contributed by atoms with Crippen LogP contribution in [0.25, 0.3) is 0 Å². The molecule has 10 heteroatoms. The van der Waals surface area contributed by atoms with Gasteiger partial charge >= 0.3 is 12.1 Å². The minimum absolute atomic E-state index is 0.380. The topological polar surface area (TPSA) is 122 Å². The lowest BCUT2D eigenvalue weighted by Gasteiger charge is -2.23. The van der Waals surface area contributed by atoms with Gasteiger partial charge in [0.2, 0.25) is 5.91 Å². The maximum atomic E-state index is 14.0. The zero-order valence-electron chi connectivity index (χ0n) is 12.6. The minimum atomic E-state index is -1.94. The van der Waals surface area contributed by atoms with Crippen LogP contribution in [0.15, 0.2) is 18.2 Å². The molecule has 0 radical (unpaired) electrons. The van der Waals surface area contributed by atoms with Gasteiger partial charge in [-0.3, -0.25) is 19.8 Å². The fraction of sp³-hybridized carbons (Fsp3) is 0.286. The maximum absolute atomic E-state index is 14.0. The number of nitrogens with one attached hydrogen (secondary N) is 2. The molecule has 0 unspecified atom stereocenters. The highest BCUT2D eigenvalue weighted by molar-refractivity contribution is 6.07. The number of carbonyl (C=O) groups excluding carboxylic acids is 4. The lowest BCUT2D eigenvalue weighted by Crippen LogP contribution is -2.43. The number of urea groups is 2. The van der Waals surface area contributed by atoms with Gasteiger partial charge < -0.3 is 11.1 Å². The second-order valence-electron chi connectivity index (χ2n) is 5.27. The van der Waals surface area contributed by atoms with Crippen LogP contribution in [0.1, 0.15) is 18.9 Å². The first-order valence-electron chi connectivity index (χ1n) is 6.84. The molecule has 0 aliphatic carbocycles. The molecule has 8 nitrogen and oxygen atoms in total. The normalized spacial score (nSPS) is 20.0. The summed E-state index contributed by atoms with van der Waals surface area (Å²) in [5, 5.41) is 4.00. The zero-order valence-corrected chi connectivity index (χ0v) is 12.6. The lowest BCUT2D eigenvalue weighted by atomic mass is 9.91. The van der Waals surface area contributed by atoms with Crippen molar-refractivity contribution in [2.45, 2.75) is 18.9 Å². The summed E-state index contributed by atoms with van der Waals surface area (Å²) in [6.07, 6.45) is -0.391. The maximum Gasteiger partial charge on any atom is 0.325 e. The molecular formula is C14H14F2N4O4. The Morgan fingerprint density at radius 2 is 1.88 bits per heavy atom. The van der Waals surface area contributed by atoms with Crippen molar-refractivity contribution in [2.75, 3.05) is 6.54 Å². The molecule has 1 aromatic rings. The predicted molar refractivity (Wildman–Crippen MR) is 76.3 cm³/mol. The van der Waals surface area contributed by atoms with Crippen LogP contribution in [0.2, 0.25) is 0 Å². The van der Waals surface area contributed by atoms with E-state index in [0.717, 1.165) is 25.1 Å². The summed E-state index contributed by atoms with van der Waals surface area (Å²) in [5.41, 5.74) is 2.24. The number of amides is 6. The van der Waals surface area contributed by atoms with Crippen molar-refractivity contribution in [1.82, 2.24) is 15.5 Å². The monoisotopic (exact) mass is 340 g/mol. The van der Waals surface area contributed by atoms with E-state index in [2.05, 4.69) is 5.32 Å². The molecule has 1 saturated heterocycles. The van der Waals surface area contributed by atoms with Gasteiger partial charge in [-0.15, -0.1) is 0 Å². The fourth-order valence-electron chi connectivity index (χ4n) is 2.46. The molecule has 1 aliphatic heterocycles. The summed E-state index contributed by atoms with van der Waals surface area (Å²) < 4.78 is 27.9. The highest BCUT2D eigenvalue weighted by atomic mass is 19.1. The molecule has 1 heterocycles. The molecule has 6 amide bonds. The summed E-state index contributed by atoms with van der Waals surface area (Å²) in [6, 6.07) is 1.08. The Morgan fingerprint density at radius 3 is 2.42 bits per heavy atom. The zero-order chi connectivity index (χ0) is 18.1. The van der Waals surface area contributed by atoms with Crippen molar-refractivity contribution in [3.63, 3.8) is 0 Å². The van der Waals surface area contributed by atoms with Crippen LogP contribution in [0.4, 0.5) is 18.4 Å². The number of primary amides is 1. The summed E-state index contributed by atoms with van der Waals surface area (Å²) in [5.74, 6) is -3.68. The van der Waals surface area contributed by atoms with Crippen LogP contribution in [0.5, 0.6) is 0 Å². The van der Waals surface area contributed by atoms with E-state index in [4.69, 9.17) is 5.73 Å². The highest BCUT2D eigenvalue weighted by Crippen LogP contribution is 2.32. The van der Waals surface area contributed by atoms with Crippen LogP contribution < -0.4 is 16.4 Å². The third-order valence-electron chi connectivity index (χ3n) is 3.56. The Balaban J connectivity index is 2.22. The van der Waals surface area contributed by atoms with Crippen molar-refractivity contribution in [2.24, 2.45) is 5.73 Å². The predicted octanol–water partition coefficient (Wildman–Crippen LogP) is 0.317. The van der Waals surface area contributed by atoms with Crippen molar-refractivity contribution in [1.29, 1.82) is 0 Å². The molecule has 0 spiro atoms. The quantitative estimate of drug-likeness (QED) is 0.683. The third kappa shape index (κ3) is 3.03. The van der Waals surface area contributed by atoms with Crippen LogP contribution in [-0.4, -0.2) is 35.3 Å². The molecule has 0 saturated carbocycles. The minimum Gasteiger partial charge on any atom is -0.351 e.